The standard InChI is InChI=1S/C19H24N2O3/c22-17(18-6-4-12-24-18)14-16-5-2-1-3-11-21(16)19(23)13-15-7-9-20-10-8-15/h4,6-10,12,16-17,22H,1-3,5,11,13-14H2. The van der Waals surface area contributed by atoms with Crippen molar-refractivity contribution in [1.82, 2.24) is 9.88 Å². The molecule has 1 aliphatic heterocycles. The Morgan fingerprint density at radius 3 is 2.88 bits per heavy atom. The molecule has 0 spiro atoms. The summed E-state index contributed by atoms with van der Waals surface area (Å²) in [6.07, 6.45) is 9.41. The fraction of sp³-hybridized carbons (Fsp3) is 0.474. The summed E-state index contributed by atoms with van der Waals surface area (Å²) in [4.78, 5) is 18.8. The lowest BCUT2D eigenvalue weighted by Crippen LogP contribution is -2.41. The van der Waals surface area contributed by atoms with E-state index in [1.807, 2.05) is 17.0 Å². The van der Waals surface area contributed by atoms with E-state index >= 15 is 0 Å². The summed E-state index contributed by atoms with van der Waals surface area (Å²) >= 11 is 0. The molecule has 128 valence electrons. The third kappa shape index (κ3) is 4.23. The number of hydrogen-bond acceptors (Lipinski definition) is 4. The van der Waals surface area contributed by atoms with E-state index in [0.29, 0.717) is 18.6 Å². The van der Waals surface area contributed by atoms with Gasteiger partial charge in [0, 0.05) is 31.4 Å². The Labute approximate surface area is 142 Å². The highest BCUT2D eigenvalue weighted by atomic mass is 16.4. The molecule has 0 radical (unpaired) electrons. The molecule has 1 saturated heterocycles. The minimum atomic E-state index is -0.667. The van der Waals surface area contributed by atoms with Crippen molar-refractivity contribution >= 4 is 5.91 Å². The minimum absolute atomic E-state index is 0.0573. The summed E-state index contributed by atoms with van der Waals surface area (Å²) in [6.45, 7) is 0.763. The Bertz CT molecular complexity index is 627. The highest BCUT2D eigenvalue weighted by Gasteiger charge is 2.28. The number of aliphatic hydroxyl groups is 1. The maximum Gasteiger partial charge on any atom is 0.227 e. The van der Waals surface area contributed by atoms with Gasteiger partial charge in [0.15, 0.2) is 0 Å². The molecular formula is C19H24N2O3. The second-order valence-electron chi connectivity index (χ2n) is 6.39. The van der Waals surface area contributed by atoms with Crippen molar-refractivity contribution in [2.24, 2.45) is 0 Å². The molecule has 1 fully saturated rings. The first-order valence-electron chi connectivity index (χ1n) is 8.64. The van der Waals surface area contributed by atoms with Crippen LogP contribution in [0.3, 0.4) is 0 Å². The van der Waals surface area contributed by atoms with Gasteiger partial charge in [0.25, 0.3) is 0 Å². The molecular weight excluding hydrogens is 304 g/mol. The zero-order valence-corrected chi connectivity index (χ0v) is 13.8. The summed E-state index contributed by atoms with van der Waals surface area (Å²) in [5.74, 6) is 0.695. The van der Waals surface area contributed by atoms with Gasteiger partial charge in [-0.2, -0.15) is 0 Å². The molecule has 2 aromatic rings. The number of rotatable bonds is 5. The first kappa shape index (κ1) is 16.7. The van der Waals surface area contributed by atoms with E-state index in [2.05, 4.69) is 4.98 Å². The molecule has 5 nitrogen and oxygen atoms in total. The molecule has 3 heterocycles. The molecule has 1 N–H and O–H groups in total. The summed E-state index contributed by atoms with van der Waals surface area (Å²) in [7, 11) is 0. The zero-order chi connectivity index (χ0) is 16.8. The molecule has 24 heavy (non-hydrogen) atoms. The number of aliphatic hydroxyl groups excluding tert-OH is 1. The second-order valence-corrected chi connectivity index (χ2v) is 6.39. The van der Waals surface area contributed by atoms with E-state index in [0.717, 1.165) is 37.8 Å². The van der Waals surface area contributed by atoms with E-state index in [1.54, 1.807) is 30.8 Å². The molecule has 0 aliphatic carbocycles. The van der Waals surface area contributed by atoms with Gasteiger partial charge in [-0.3, -0.25) is 9.78 Å². The van der Waals surface area contributed by atoms with Crippen LogP contribution in [-0.4, -0.2) is 33.5 Å². The Kier molecular flexibility index (Phi) is 5.64. The van der Waals surface area contributed by atoms with Crippen molar-refractivity contribution in [3.8, 4) is 0 Å². The Balaban J connectivity index is 1.68. The lowest BCUT2D eigenvalue weighted by molar-refractivity contribution is -0.133. The number of aromatic nitrogens is 1. The normalized spacial score (nSPS) is 19.7. The fourth-order valence-electron chi connectivity index (χ4n) is 3.38. The number of furan rings is 1. The average Bonchev–Trinajstić information content (AvgIpc) is 3.03. The predicted molar refractivity (Wildman–Crippen MR) is 90.2 cm³/mol. The molecule has 0 bridgehead atoms. The molecule has 2 unspecified atom stereocenters. The quantitative estimate of drug-likeness (QED) is 0.916. The third-order valence-corrected chi connectivity index (χ3v) is 4.67. The third-order valence-electron chi connectivity index (χ3n) is 4.67. The molecule has 0 aromatic carbocycles. The molecule has 2 atom stereocenters. The topological polar surface area (TPSA) is 66.6 Å². The Morgan fingerprint density at radius 1 is 1.29 bits per heavy atom. The zero-order valence-electron chi connectivity index (χ0n) is 13.8. The SMILES string of the molecule is O=C(Cc1ccncc1)N1CCCCCC1CC(O)c1ccco1. The highest BCUT2D eigenvalue weighted by molar-refractivity contribution is 5.79. The van der Waals surface area contributed by atoms with Crippen LogP contribution in [0.2, 0.25) is 0 Å². The molecule has 3 rings (SSSR count). The highest BCUT2D eigenvalue weighted by Crippen LogP contribution is 2.27. The van der Waals surface area contributed by atoms with Gasteiger partial charge in [0.1, 0.15) is 11.9 Å². The van der Waals surface area contributed by atoms with Gasteiger partial charge in [-0.25, -0.2) is 0 Å². The van der Waals surface area contributed by atoms with Crippen LogP contribution in [0.5, 0.6) is 0 Å². The number of likely N-dealkylation sites (tertiary alicyclic amines) is 1. The monoisotopic (exact) mass is 328 g/mol. The van der Waals surface area contributed by atoms with Gasteiger partial charge in [-0.1, -0.05) is 12.8 Å². The summed E-state index contributed by atoms with van der Waals surface area (Å²) in [5.41, 5.74) is 0.976. The van der Waals surface area contributed by atoms with Crippen LogP contribution in [0.4, 0.5) is 0 Å². The maximum absolute atomic E-state index is 12.8. The number of nitrogens with zero attached hydrogens (tertiary/aromatic N) is 2. The van der Waals surface area contributed by atoms with Crippen LogP contribution < -0.4 is 0 Å². The van der Waals surface area contributed by atoms with Crippen molar-refractivity contribution in [2.45, 2.75) is 50.7 Å². The Hall–Kier alpha value is -2.14. The molecule has 5 heteroatoms. The number of hydrogen-bond donors (Lipinski definition) is 1. The van der Waals surface area contributed by atoms with Gasteiger partial charge in [-0.15, -0.1) is 0 Å². The van der Waals surface area contributed by atoms with Crippen molar-refractivity contribution < 1.29 is 14.3 Å². The van der Waals surface area contributed by atoms with Crippen LogP contribution >= 0.6 is 0 Å². The van der Waals surface area contributed by atoms with Crippen LogP contribution in [0.25, 0.3) is 0 Å². The van der Waals surface area contributed by atoms with Gasteiger partial charge in [0.05, 0.1) is 12.7 Å². The van der Waals surface area contributed by atoms with Gasteiger partial charge in [-0.05, 0) is 42.7 Å². The summed E-state index contributed by atoms with van der Waals surface area (Å²) in [5, 5.41) is 10.4. The molecule has 1 amide bonds. The predicted octanol–water partition coefficient (Wildman–Crippen LogP) is 3.11. The van der Waals surface area contributed by atoms with Crippen LogP contribution in [0.15, 0.2) is 47.3 Å². The minimum Gasteiger partial charge on any atom is -0.467 e. The molecule has 1 aliphatic rings. The van der Waals surface area contributed by atoms with Gasteiger partial charge in [0.2, 0.25) is 5.91 Å². The molecule has 2 aromatic heterocycles. The maximum atomic E-state index is 12.8. The summed E-state index contributed by atoms with van der Waals surface area (Å²) in [6, 6.07) is 7.37. The van der Waals surface area contributed by atoms with Crippen molar-refractivity contribution in [2.75, 3.05) is 6.54 Å². The van der Waals surface area contributed by atoms with Gasteiger partial charge >= 0.3 is 0 Å². The van der Waals surface area contributed by atoms with Gasteiger partial charge < -0.3 is 14.4 Å². The largest absolute Gasteiger partial charge is 0.467 e. The number of pyridine rings is 1. The first-order chi connectivity index (χ1) is 11.7. The number of amides is 1. The van der Waals surface area contributed by atoms with Crippen molar-refractivity contribution in [1.29, 1.82) is 0 Å². The summed E-state index contributed by atoms with van der Waals surface area (Å²) < 4.78 is 5.30. The van der Waals surface area contributed by atoms with E-state index in [1.165, 1.54) is 0 Å². The van der Waals surface area contributed by atoms with Crippen molar-refractivity contribution in [3.63, 3.8) is 0 Å². The van der Waals surface area contributed by atoms with E-state index in [9.17, 15) is 9.90 Å². The number of carbonyl (C=O) groups excluding carboxylic acids is 1. The Morgan fingerprint density at radius 2 is 2.12 bits per heavy atom. The second kappa shape index (κ2) is 8.11. The van der Waals surface area contributed by atoms with Crippen LogP contribution in [0.1, 0.15) is 49.5 Å². The van der Waals surface area contributed by atoms with Crippen molar-refractivity contribution in [3.05, 3.63) is 54.2 Å². The smallest absolute Gasteiger partial charge is 0.227 e. The van der Waals surface area contributed by atoms with Crippen LogP contribution in [-0.2, 0) is 11.2 Å². The van der Waals surface area contributed by atoms with E-state index < -0.39 is 6.10 Å². The lowest BCUT2D eigenvalue weighted by atomic mass is 10.0. The van der Waals surface area contributed by atoms with E-state index in [4.69, 9.17) is 4.42 Å². The first-order valence-corrected chi connectivity index (χ1v) is 8.64. The number of carbonyl (C=O) groups is 1. The molecule has 0 saturated carbocycles. The van der Waals surface area contributed by atoms with Crippen LogP contribution in [0, 0.1) is 0 Å². The lowest BCUT2D eigenvalue weighted by Gasteiger charge is -2.31. The fourth-order valence-corrected chi connectivity index (χ4v) is 3.38. The average molecular weight is 328 g/mol. The van der Waals surface area contributed by atoms with E-state index in [-0.39, 0.29) is 11.9 Å².